The van der Waals surface area contributed by atoms with Crippen molar-refractivity contribution < 1.29 is 17.7 Å². The SMILES string of the molecule is CO[Si](C)(CCCN(CCCN(C)C)CCCN1C=CN(CCCN(CCCN(C)C)CCC[Si](C)(OC)OC)CC1)OC. The van der Waals surface area contributed by atoms with E-state index in [1.807, 2.05) is 0 Å². The summed E-state index contributed by atoms with van der Waals surface area (Å²) in [5, 5.41) is 0. The zero-order chi connectivity index (χ0) is 32.8. The Labute approximate surface area is 275 Å². The molecule has 1 rings (SSSR count). The quantitative estimate of drug-likeness (QED) is 0.116. The number of nitrogens with zero attached hydrogens (tertiary/aromatic N) is 6. The number of rotatable bonds is 28. The first-order valence-electron chi connectivity index (χ1n) is 17.1. The van der Waals surface area contributed by atoms with Crippen LogP contribution in [0.15, 0.2) is 12.4 Å². The van der Waals surface area contributed by atoms with Crippen molar-refractivity contribution >= 4 is 17.1 Å². The van der Waals surface area contributed by atoms with E-state index in [2.05, 4.69) is 83.1 Å². The van der Waals surface area contributed by atoms with Crippen LogP contribution >= 0.6 is 0 Å². The monoisotopic (exact) mass is 661 g/mol. The van der Waals surface area contributed by atoms with Gasteiger partial charge in [-0.05, 0) is 144 Å². The van der Waals surface area contributed by atoms with Crippen LogP contribution in [0.5, 0.6) is 0 Å². The lowest BCUT2D eigenvalue weighted by atomic mass is 10.2. The molecule has 1 heterocycles. The molecule has 12 heteroatoms. The highest BCUT2D eigenvalue weighted by atomic mass is 28.4. The minimum Gasteiger partial charge on any atom is -0.398 e. The lowest BCUT2D eigenvalue weighted by Gasteiger charge is -2.33. The summed E-state index contributed by atoms with van der Waals surface area (Å²) in [5.41, 5.74) is 0. The van der Waals surface area contributed by atoms with E-state index in [0.29, 0.717) is 0 Å². The summed E-state index contributed by atoms with van der Waals surface area (Å²) < 4.78 is 22.8. The smallest absolute Gasteiger partial charge is 0.334 e. The van der Waals surface area contributed by atoms with Gasteiger partial charge in [-0.3, -0.25) is 0 Å². The van der Waals surface area contributed by atoms with Gasteiger partial charge in [0.15, 0.2) is 0 Å². The average molecular weight is 661 g/mol. The van der Waals surface area contributed by atoms with Gasteiger partial charge >= 0.3 is 17.1 Å². The van der Waals surface area contributed by atoms with Gasteiger partial charge in [0.2, 0.25) is 0 Å². The van der Waals surface area contributed by atoms with Gasteiger partial charge in [0.1, 0.15) is 0 Å². The fourth-order valence-electron chi connectivity index (χ4n) is 5.68. The number of hydrogen-bond donors (Lipinski definition) is 0. The van der Waals surface area contributed by atoms with E-state index in [4.69, 9.17) is 17.7 Å². The third-order valence-electron chi connectivity index (χ3n) is 9.10. The van der Waals surface area contributed by atoms with Crippen LogP contribution in [0, 0.1) is 0 Å². The maximum Gasteiger partial charge on any atom is 0.334 e. The summed E-state index contributed by atoms with van der Waals surface area (Å²) in [6.07, 6.45) is 11.7. The molecule has 0 N–H and O–H groups in total. The molecule has 0 unspecified atom stereocenters. The molecule has 0 spiro atoms. The summed E-state index contributed by atoms with van der Waals surface area (Å²) in [6.45, 7) is 18.0. The Morgan fingerprint density at radius 3 is 1.11 bits per heavy atom. The van der Waals surface area contributed by atoms with E-state index < -0.39 is 17.1 Å². The fourth-order valence-corrected chi connectivity index (χ4v) is 8.43. The average Bonchev–Trinajstić information content (AvgIpc) is 3.00. The van der Waals surface area contributed by atoms with Gasteiger partial charge in [-0.15, -0.1) is 0 Å². The summed E-state index contributed by atoms with van der Waals surface area (Å²) in [7, 11) is 11.9. The Bertz CT molecular complexity index is 671. The normalized spacial score (nSPS) is 14.8. The van der Waals surface area contributed by atoms with Crippen LogP contribution in [0.2, 0.25) is 25.2 Å². The Hall–Kier alpha value is -0.546. The fraction of sp³-hybridized carbons (Fsp3) is 0.938. The first-order valence-corrected chi connectivity index (χ1v) is 22.1. The molecule has 262 valence electrons. The zero-order valence-corrected chi connectivity index (χ0v) is 32.6. The predicted octanol–water partition coefficient (Wildman–Crippen LogP) is 3.87. The van der Waals surface area contributed by atoms with Crippen molar-refractivity contribution in [3.63, 3.8) is 0 Å². The van der Waals surface area contributed by atoms with Crippen molar-refractivity contribution in [2.45, 2.75) is 63.7 Å². The molecular weight excluding hydrogens is 589 g/mol. The van der Waals surface area contributed by atoms with Gasteiger partial charge in [0, 0.05) is 67.0 Å². The first-order chi connectivity index (χ1) is 21.0. The van der Waals surface area contributed by atoms with E-state index in [9.17, 15) is 0 Å². The molecule has 0 aliphatic carbocycles. The van der Waals surface area contributed by atoms with Gasteiger partial charge in [0.25, 0.3) is 0 Å². The van der Waals surface area contributed by atoms with Crippen LogP contribution in [0.3, 0.4) is 0 Å². The van der Waals surface area contributed by atoms with Gasteiger partial charge in [-0.1, -0.05) is 0 Å². The van der Waals surface area contributed by atoms with Crippen LogP contribution in [0.25, 0.3) is 0 Å². The summed E-state index contributed by atoms with van der Waals surface area (Å²) in [5.74, 6) is 0. The lowest BCUT2D eigenvalue weighted by Crippen LogP contribution is -2.39. The molecule has 0 fully saturated rings. The van der Waals surface area contributed by atoms with Gasteiger partial charge < -0.3 is 47.1 Å². The molecule has 0 aromatic carbocycles. The Balaban J connectivity index is 2.45. The molecule has 0 aromatic rings. The van der Waals surface area contributed by atoms with E-state index in [-0.39, 0.29) is 0 Å². The second kappa shape index (κ2) is 23.7. The van der Waals surface area contributed by atoms with Crippen molar-refractivity contribution in [3.8, 4) is 0 Å². The van der Waals surface area contributed by atoms with E-state index in [1.165, 1.54) is 25.7 Å². The van der Waals surface area contributed by atoms with Gasteiger partial charge in [-0.2, -0.15) is 0 Å². The highest BCUT2D eigenvalue weighted by Crippen LogP contribution is 2.16. The molecule has 0 amide bonds. The third kappa shape index (κ3) is 19.2. The second-order valence-electron chi connectivity index (χ2n) is 13.4. The highest BCUT2D eigenvalue weighted by Gasteiger charge is 2.29. The van der Waals surface area contributed by atoms with E-state index in [0.717, 1.165) is 103 Å². The topological polar surface area (TPSA) is 56.4 Å². The van der Waals surface area contributed by atoms with Gasteiger partial charge in [0.05, 0.1) is 0 Å². The Morgan fingerprint density at radius 1 is 0.500 bits per heavy atom. The van der Waals surface area contributed by atoms with Gasteiger partial charge in [-0.25, -0.2) is 0 Å². The highest BCUT2D eigenvalue weighted by molar-refractivity contribution is 6.66. The molecule has 0 saturated carbocycles. The molecule has 44 heavy (non-hydrogen) atoms. The molecular formula is C32H72N6O4Si2. The standard InChI is InChI=1S/C32H72N6O4Si2/c1-33(2)17-11-19-35(25-15-31-43(9,39-5)40-6)21-13-23-37-27-29-38(30-28-37)24-14-22-36(20-12-18-34(3)4)26-16-32-44(10,41-7)42-8/h27,29H,11-26,28,30-32H2,1-10H3. The Kier molecular flexibility index (Phi) is 22.4. The molecule has 0 bridgehead atoms. The summed E-state index contributed by atoms with van der Waals surface area (Å²) >= 11 is 0. The second-order valence-corrected chi connectivity index (χ2v) is 20.5. The third-order valence-corrected chi connectivity index (χ3v) is 15.1. The zero-order valence-electron chi connectivity index (χ0n) is 30.6. The molecule has 0 radical (unpaired) electrons. The van der Waals surface area contributed by atoms with Crippen LogP contribution in [-0.4, -0.2) is 182 Å². The van der Waals surface area contributed by atoms with Crippen LogP contribution in [0.4, 0.5) is 0 Å². The van der Waals surface area contributed by atoms with Crippen LogP contribution < -0.4 is 0 Å². The minimum absolute atomic E-state index is 1.05. The van der Waals surface area contributed by atoms with E-state index in [1.54, 1.807) is 28.4 Å². The minimum atomic E-state index is -1.99. The van der Waals surface area contributed by atoms with Crippen molar-refractivity contribution in [2.24, 2.45) is 0 Å². The van der Waals surface area contributed by atoms with E-state index >= 15 is 0 Å². The summed E-state index contributed by atoms with van der Waals surface area (Å²) in [6, 6.07) is 2.09. The Morgan fingerprint density at radius 2 is 0.818 bits per heavy atom. The largest absolute Gasteiger partial charge is 0.398 e. The molecule has 0 atom stereocenters. The lowest BCUT2D eigenvalue weighted by molar-refractivity contribution is 0.207. The maximum absolute atomic E-state index is 5.71. The molecule has 0 aromatic heterocycles. The molecule has 1 aliphatic rings. The first kappa shape index (κ1) is 41.5. The molecule has 10 nitrogen and oxygen atoms in total. The van der Waals surface area contributed by atoms with Crippen LogP contribution in [0.1, 0.15) is 38.5 Å². The summed E-state index contributed by atoms with van der Waals surface area (Å²) in [4.78, 5) is 14.9. The molecule has 1 aliphatic heterocycles. The van der Waals surface area contributed by atoms with Crippen molar-refractivity contribution in [3.05, 3.63) is 12.4 Å². The predicted molar refractivity (Wildman–Crippen MR) is 191 cm³/mol. The molecule has 0 saturated heterocycles. The van der Waals surface area contributed by atoms with Crippen molar-refractivity contribution in [1.82, 2.24) is 29.4 Å². The van der Waals surface area contributed by atoms with Crippen molar-refractivity contribution in [2.75, 3.05) is 135 Å². The van der Waals surface area contributed by atoms with Crippen LogP contribution in [-0.2, 0) is 17.7 Å². The van der Waals surface area contributed by atoms with Crippen molar-refractivity contribution in [1.29, 1.82) is 0 Å². The maximum atomic E-state index is 5.71. The number of hydrogen-bond acceptors (Lipinski definition) is 10.